The lowest BCUT2D eigenvalue weighted by atomic mass is 9.96. The molecule has 8 heteroatoms. The van der Waals surface area contributed by atoms with Gasteiger partial charge in [-0.2, -0.15) is 0 Å². The summed E-state index contributed by atoms with van der Waals surface area (Å²) in [5.74, 6) is -0.689. The number of carbonyl (C=O) groups is 2. The van der Waals surface area contributed by atoms with E-state index in [2.05, 4.69) is 0 Å². The van der Waals surface area contributed by atoms with Crippen LogP contribution < -0.4 is 4.31 Å². The average Bonchev–Trinajstić information content (AvgIpc) is 2.62. The second-order valence-electron chi connectivity index (χ2n) is 6.92. The van der Waals surface area contributed by atoms with Crippen molar-refractivity contribution in [2.45, 2.75) is 39.7 Å². The Morgan fingerprint density at radius 3 is 2.26 bits per heavy atom. The third-order valence-corrected chi connectivity index (χ3v) is 6.02. The third-order valence-electron chi connectivity index (χ3n) is 4.78. The minimum atomic E-state index is -3.63. The summed E-state index contributed by atoms with van der Waals surface area (Å²) in [4.78, 5) is 26.4. The van der Waals surface area contributed by atoms with Crippen LogP contribution in [0.2, 0.25) is 0 Å². The first-order chi connectivity index (χ1) is 12.6. The zero-order valence-electron chi connectivity index (χ0n) is 16.3. The van der Waals surface area contributed by atoms with E-state index in [0.29, 0.717) is 38.2 Å². The smallest absolute Gasteiger partial charge is 0.309 e. The molecule has 1 fully saturated rings. The van der Waals surface area contributed by atoms with Gasteiger partial charge in [-0.1, -0.05) is 17.7 Å². The minimum absolute atomic E-state index is 0.201. The molecule has 0 saturated carbocycles. The van der Waals surface area contributed by atoms with E-state index in [-0.39, 0.29) is 17.8 Å². The molecule has 1 heterocycles. The summed E-state index contributed by atoms with van der Waals surface area (Å²) in [7, 11) is -3.63. The molecule has 1 aromatic rings. The number of nitrogens with zero attached hydrogens (tertiary/aromatic N) is 2. The number of likely N-dealkylation sites (tertiary alicyclic amines) is 1. The first-order valence-electron chi connectivity index (χ1n) is 9.16. The molecule has 1 amide bonds. The molecule has 1 aromatic carbocycles. The van der Waals surface area contributed by atoms with Gasteiger partial charge in [0.1, 0.15) is 6.04 Å². The molecule has 150 valence electrons. The Hall–Kier alpha value is -2.09. The molecule has 2 rings (SSSR count). The van der Waals surface area contributed by atoms with Gasteiger partial charge < -0.3 is 9.64 Å². The van der Waals surface area contributed by atoms with E-state index in [1.54, 1.807) is 30.9 Å². The lowest BCUT2D eigenvalue weighted by molar-refractivity contribution is -0.151. The van der Waals surface area contributed by atoms with E-state index >= 15 is 0 Å². The van der Waals surface area contributed by atoms with Gasteiger partial charge in [0.25, 0.3) is 0 Å². The van der Waals surface area contributed by atoms with Gasteiger partial charge in [-0.05, 0) is 45.7 Å². The van der Waals surface area contributed by atoms with E-state index in [1.165, 1.54) is 0 Å². The topological polar surface area (TPSA) is 84.0 Å². The van der Waals surface area contributed by atoms with Crippen LogP contribution in [0.4, 0.5) is 5.69 Å². The van der Waals surface area contributed by atoms with Crippen molar-refractivity contribution >= 4 is 27.6 Å². The summed E-state index contributed by atoms with van der Waals surface area (Å²) in [6.07, 6.45) is 2.16. The summed E-state index contributed by atoms with van der Waals surface area (Å²) < 4.78 is 30.9. The fraction of sp³-hybridized carbons (Fsp3) is 0.579. The predicted octanol–water partition coefficient (Wildman–Crippen LogP) is 1.95. The maximum Gasteiger partial charge on any atom is 0.309 e. The number of piperidine rings is 1. The van der Waals surface area contributed by atoms with Crippen LogP contribution in [0.25, 0.3) is 0 Å². The van der Waals surface area contributed by atoms with Crippen LogP contribution in [0, 0.1) is 12.8 Å². The van der Waals surface area contributed by atoms with E-state index in [9.17, 15) is 18.0 Å². The maximum absolute atomic E-state index is 12.9. The molecule has 1 aliphatic heterocycles. The molecule has 0 aliphatic carbocycles. The molecule has 7 nitrogen and oxygen atoms in total. The van der Waals surface area contributed by atoms with Crippen LogP contribution in [0.15, 0.2) is 24.3 Å². The number of hydrogen-bond acceptors (Lipinski definition) is 5. The summed E-state index contributed by atoms with van der Waals surface area (Å²) >= 11 is 0. The van der Waals surface area contributed by atoms with Crippen LogP contribution in [-0.2, 0) is 24.3 Å². The van der Waals surface area contributed by atoms with Gasteiger partial charge in [-0.25, -0.2) is 8.42 Å². The number of amides is 1. The van der Waals surface area contributed by atoms with E-state index in [0.717, 1.165) is 16.1 Å². The molecule has 0 aromatic heterocycles. The average molecular weight is 397 g/mol. The van der Waals surface area contributed by atoms with Gasteiger partial charge in [-0.15, -0.1) is 0 Å². The molecular weight excluding hydrogens is 368 g/mol. The standard InChI is InChI=1S/C19H28N2O5S/c1-5-26-19(23)16-10-12-20(13-11-16)18(22)15(3)21(27(4,24)25)17-8-6-14(2)7-9-17/h6-9,15-16H,5,10-13H2,1-4H3/t15-/m0/s1. The van der Waals surface area contributed by atoms with Gasteiger partial charge in [0, 0.05) is 13.1 Å². The molecule has 1 saturated heterocycles. The number of benzene rings is 1. The van der Waals surface area contributed by atoms with E-state index in [4.69, 9.17) is 4.74 Å². The number of carbonyl (C=O) groups excluding carboxylic acids is 2. The monoisotopic (exact) mass is 396 g/mol. The van der Waals surface area contributed by atoms with Crippen molar-refractivity contribution < 1.29 is 22.7 Å². The van der Waals surface area contributed by atoms with Crippen molar-refractivity contribution in [1.82, 2.24) is 4.90 Å². The van der Waals surface area contributed by atoms with Crippen molar-refractivity contribution in [3.05, 3.63) is 29.8 Å². The van der Waals surface area contributed by atoms with Crippen molar-refractivity contribution in [2.24, 2.45) is 5.92 Å². The number of ether oxygens (including phenoxy) is 1. The van der Waals surface area contributed by atoms with Crippen LogP contribution >= 0.6 is 0 Å². The van der Waals surface area contributed by atoms with Crippen molar-refractivity contribution in [3.63, 3.8) is 0 Å². The highest BCUT2D eigenvalue weighted by molar-refractivity contribution is 7.92. The number of esters is 1. The molecule has 0 spiro atoms. The highest BCUT2D eigenvalue weighted by Gasteiger charge is 2.35. The predicted molar refractivity (Wildman–Crippen MR) is 104 cm³/mol. The fourth-order valence-corrected chi connectivity index (χ4v) is 4.52. The molecule has 0 bridgehead atoms. The van der Waals surface area contributed by atoms with Gasteiger partial charge in [-0.3, -0.25) is 13.9 Å². The number of hydrogen-bond donors (Lipinski definition) is 0. The largest absolute Gasteiger partial charge is 0.466 e. The molecule has 0 radical (unpaired) electrons. The highest BCUT2D eigenvalue weighted by Crippen LogP contribution is 2.24. The molecule has 27 heavy (non-hydrogen) atoms. The van der Waals surface area contributed by atoms with Gasteiger partial charge >= 0.3 is 5.97 Å². The van der Waals surface area contributed by atoms with Gasteiger partial charge in [0.15, 0.2) is 0 Å². The maximum atomic E-state index is 12.9. The number of aryl methyl sites for hydroxylation is 1. The second kappa shape index (κ2) is 8.73. The van der Waals surface area contributed by atoms with Crippen LogP contribution in [-0.4, -0.2) is 57.2 Å². The SMILES string of the molecule is CCOC(=O)C1CCN(C(=O)[C@H](C)N(c2ccc(C)cc2)S(C)(=O)=O)CC1. The molecular formula is C19H28N2O5S. The summed E-state index contributed by atoms with van der Waals surface area (Å²) in [5, 5.41) is 0. The van der Waals surface area contributed by atoms with Gasteiger partial charge in [0.05, 0.1) is 24.5 Å². The van der Waals surface area contributed by atoms with Crippen molar-refractivity contribution in [3.8, 4) is 0 Å². The first-order valence-corrected chi connectivity index (χ1v) is 11.0. The summed E-state index contributed by atoms with van der Waals surface area (Å²) in [6, 6.07) is 6.17. The summed E-state index contributed by atoms with van der Waals surface area (Å²) in [5.41, 5.74) is 1.47. The first kappa shape index (κ1) is 21.2. The molecule has 1 aliphatic rings. The zero-order chi connectivity index (χ0) is 20.2. The quantitative estimate of drug-likeness (QED) is 0.686. The third kappa shape index (κ3) is 5.22. The Morgan fingerprint density at radius 1 is 1.22 bits per heavy atom. The minimum Gasteiger partial charge on any atom is -0.466 e. The Balaban J connectivity index is 2.12. The van der Waals surface area contributed by atoms with Gasteiger partial charge in [0.2, 0.25) is 15.9 Å². The van der Waals surface area contributed by atoms with Crippen molar-refractivity contribution in [2.75, 3.05) is 30.3 Å². The Kier molecular flexibility index (Phi) is 6.86. The summed E-state index contributed by atoms with van der Waals surface area (Å²) in [6.45, 7) is 6.45. The lowest BCUT2D eigenvalue weighted by Gasteiger charge is -2.36. The number of anilines is 1. The zero-order valence-corrected chi connectivity index (χ0v) is 17.2. The second-order valence-corrected chi connectivity index (χ2v) is 8.78. The Bertz CT molecular complexity index is 768. The van der Waals surface area contributed by atoms with Crippen LogP contribution in [0.1, 0.15) is 32.3 Å². The normalized spacial score (nSPS) is 16.7. The molecule has 1 atom stereocenters. The molecule has 0 N–H and O–H groups in total. The molecule has 0 unspecified atom stereocenters. The fourth-order valence-electron chi connectivity index (χ4n) is 3.35. The van der Waals surface area contributed by atoms with Crippen LogP contribution in [0.3, 0.4) is 0 Å². The highest BCUT2D eigenvalue weighted by atomic mass is 32.2. The lowest BCUT2D eigenvalue weighted by Crippen LogP contribution is -2.51. The van der Waals surface area contributed by atoms with E-state index in [1.807, 2.05) is 19.1 Å². The Labute approximate surface area is 161 Å². The number of sulfonamides is 1. The number of rotatable bonds is 6. The Morgan fingerprint density at radius 2 is 1.78 bits per heavy atom. The van der Waals surface area contributed by atoms with E-state index < -0.39 is 16.1 Å². The van der Waals surface area contributed by atoms with Crippen molar-refractivity contribution in [1.29, 1.82) is 0 Å². The van der Waals surface area contributed by atoms with Crippen LogP contribution in [0.5, 0.6) is 0 Å².